The molecule has 1 aromatic rings. The molecule has 100 valence electrons. The van der Waals surface area contributed by atoms with E-state index < -0.39 is 5.97 Å². The van der Waals surface area contributed by atoms with Crippen LogP contribution in [0.4, 0.5) is 0 Å². The van der Waals surface area contributed by atoms with E-state index in [2.05, 4.69) is 19.7 Å². The minimum absolute atomic E-state index is 0.160. The Labute approximate surface area is 113 Å². The van der Waals surface area contributed by atoms with Crippen LogP contribution in [-0.4, -0.2) is 17.7 Å². The van der Waals surface area contributed by atoms with Gasteiger partial charge >= 0.3 is 5.97 Å². The van der Waals surface area contributed by atoms with E-state index in [0.29, 0.717) is 29.5 Å². The molecular weight excluding hydrogens is 240 g/mol. The summed E-state index contributed by atoms with van der Waals surface area (Å²) in [4.78, 5) is 11.8. The molecule has 0 spiro atoms. The number of aromatic hydroxyl groups is 1. The van der Waals surface area contributed by atoms with Crippen molar-refractivity contribution in [2.24, 2.45) is 0 Å². The number of phenols is 1. The third-order valence-corrected chi connectivity index (χ3v) is 2.56. The topological polar surface area (TPSA) is 46.5 Å². The van der Waals surface area contributed by atoms with E-state index in [1.165, 1.54) is 6.08 Å². The van der Waals surface area contributed by atoms with Crippen molar-refractivity contribution < 1.29 is 14.6 Å². The molecular formula is C16H18O3. The highest BCUT2D eigenvalue weighted by atomic mass is 16.5. The van der Waals surface area contributed by atoms with E-state index in [0.717, 1.165) is 0 Å². The normalized spacial score (nSPS) is 9.68. The fourth-order valence-corrected chi connectivity index (χ4v) is 1.72. The average Bonchev–Trinajstić information content (AvgIpc) is 2.40. The van der Waals surface area contributed by atoms with Crippen LogP contribution < -0.4 is 0 Å². The van der Waals surface area contributed by atoms with Gasteiger partial charge in [-0.05, 0) is 36.1 Å². The standard InChI is InChI=1S/C16H18O3/c1-4-7-12-10-14(16(18)19-9-6-3)11-13(8-5-2)15(12)17/h4-6,10-11,17H,1-3,7-9H2. The van der Waals surface area contributed by atoms with Gasteiger partial charge in [0.25, 0.3) is 0 Å². The van der Waals surface area contributed by atoms with Crippen LogP contribution in [0.3, 0.4) is 0 Å². The minimum Gasteiger partial charge on any atom is -0.507 e. The highest BCUT2D eigenvalue weighted by molar-refractivity contribution is 5.90. The Bertz CT molecular complexity index is 470. The van der Waals surface area contributed by atoms with Gasteiger partial charge in [0.05, 0.1) is 5.56 Å². The zero-order valence-electron chi connectivity index (χ0n) is 10.9. The first-order chi connectivity index (χ1) is 9.13. The predicted molar refractivity (Wildman–Crippen MR) is 76.4 cm³/mol. The van der Waals surface area contributed by atoms with Crippen molar-refractivity contribution in [1.82, 2.24) is 0 Å². The maximum Gasteiger partial charge on any atom is 0.338 e. The van der Waals surface area contributed by atoms with Crippen molar-refractivity contribution in [1.29, 1.82) is 0 Å². The molecule has 0 aromatic heterocycles. The van der Waals surface area contributed by atoms with Gasteiger partial charge in [0.2, 0.25) is 0 Å². The van der Waals surface area contributed by atoms with E-state index in [1.807, 2.05) is 0 Å². The van der Waals surface area contributed by atoms with Crippen molar-refractivity contribution in [2.45, 2.75) is 12.8 Å². The zero-order valence-corrected chi connectivity index (χ0v) is 10.9. The van der Waals surface area contributed by atoms with Crippen molar-refractivity contribution in [3.05, 3.63) is 66.8 Å². The first-order valence-corrected chi connectivity index (χ1v) is 5.98. The van der Waals surface area contributed by atoms with Crippen LogP contribution >= 0.6 is 0 Å². The highest BCUT2D eigenvalue weighted by Crippen LogP contribution is 2.26. The maximum absolute atomic E-state index is 11.8. The molecule has 0 unspecified atom stereocenters. The largest absolute Gasteiger partial charge is 0.507 e. The third-order valence-electron chi connectivity index (χ3n) is 2.56. The molecule has 0 amide bonds. The van der Waals surface area contributed by atoms with Gasteiger partial charge in [0.1, 0.15) is 12.4 Å². The second kappa shape index (κ2) is 7.21. The van der Waals surface area contributed by atoms with Gasteiger partial charge in [-0.1, -0.05) is 24.8 Å². The number of benzene rings is 1. The summed E-state index contributed by atoms with van der Waals surface area (Å²) in [5, 5.41) is 10.1. The fourth-order valence-electron chi connectivity index (χ4n) is 1.72. The molecule has 0 fully saturated rings. The zero-order chi connectivity index (χ0) is 14.3. The molecule has 1 rings (SSSR count). The summed E-state index contributed by atoms with van der Waals surface area (Å²) in [6.45, 7) is 10.9. The summed E-state index contributed by atoms with van der Waals surface area (Å²) >= 11 is 0. The van der Waals surface area contributed by atoms with Crippen LogP contribution in [0.1, 0.15) is 21.5 Å². The van der Waals surface area contributed by atoms with Crippen LogP contribution in [0.5, 0.6) is 5.75 Å². The number of allylic oxidation sites excluding steroid dienone is 2. The molecule has 0 bridgehead atoms. The number of hydrogen-bond donors (Lipinski definition) is 1. The lowest BCUT2D eigenvalue weighted by atomic mass is 9.99. The Morgan fingerprint density at radius 2 is 1.63 bits per heavy atom. The smallest absolute Gasteiger partial charge is 0.338 e. The average molecular weight is 258 g/mol. The Hall–Kier alpha value is -2.29. The first-order valence-electron chi connectivity index (χ1n) is 5.98. The summed E-state index contributed by atoms with van der Waals surface area (Å²) in [7, 11) is 0. The number of phenolic OH excluding ortho intramolecular Hbond substituents is 1. The van der Waals surface area contributed by atoms with E-state index in [4.69, 9.17) is 4.74 Å². The summed E-state index contributed by atoms with van der Waals surface area (Å²) in [5.41, 5.74) is 1.72. The van der Waals surface area contributed by atoms with Gasteiger partial charge in [0.15, 0.2) is 0 Å². The number of hydrogen-bond acceptors (Lipinski definition) is 3. The van der Waals surface area contributed by atoms with Gasteiger partial charge in [-0.25, -0.2) is 4.79 Å². The molecule has 0 radical (unpaired) electrons. The molecule has 1 aromatic carbocycles. The quantitative estimate of drug-likeness (QED) is 0.603. The van der Waals surface area contributed by atoms with Crippen molar-refractivity contribution in [3.63, 3.8) is 0 Å². The second-order valence-corrected chi connectivity index (χ2v) is 4.02. The number of carbonyl (C=O) groups excluding carboxylic acids is 1. The minimum atomic E-state index is -0.435. The molecule has 0 atom stereocenters. The molecule has 3 nitrogen and oxygen atoms in total. The fraction of sp³-hybridized carbons (Fsp3) is 0.188. The number of ether oxygens (including phenoxy) is 1. The lowest BCUT2D eigenvalue weighted by Gasteiger charge is -2.10. The Morgan fingerprint density at radius 3 is 2.05 bits per heavy atom. The maximum atomic E-state index is 11.8. The lowest BCUT2D eigenvalue weighted by molar-refractivity contribution is 0.0549. The van der Waals surface area contributed by atoms with E-state index in [9.17, 15) is 9.90 Å². The van der Waals surface area contributed by atoms with Crippen LogP contribution in [0.2, 0.25) is 0 Å². The number of carbonyl (C=O) groups is 1. The SMILES string of the molecule is C=CCOC(=O)c1cc(CC=C)c(O)c(CC=C)c1. The molecule has 1 N–H and O–H groups in total. The monoisotopic (exact) mass is 258 g/mol. The molecule has 0 saturated heterocycles. The van der Waals surface area contributed by atoms with Crippen LogP contribution in [-0.2, 0) is 17.6 Å². The summed E-state index contributed by atoms with van der Waals surface area (Å²) in [6, 6.07) is 3.24. The highest BCUT2D eigenvalue weighted by Gasteiger charge is 2.13. The van der Waals surface area contributed by atoms with Crippen molar-refractivity contribution in [3.8, 4) is 5.75 Å². The summed E-state index contributed by atoms with van der Waals surface area (Å²) in [6.07, 6.45) is 5.82. The van der Waals surface area contributed by atoms with Crippen molar-refractivity contribution >= 4 is 5.97 Å². The summed E-state index contributed by atoms with van der Waals surface area (Å²) < 4.78 is 4.99. The predicted octanol–water partition coefficient (Wildman–Crippen LogP) is 3.19. The van der Waals surface area contributed by atoms with Gasteiger partial charge < -0.3 is 9.84 Å². The third kappa shape index (κ3) is 3.85. The lowest BCUT2D eigenvalue weighted by Crippen LogP contribution is -2.07. The number of rotatable bonds is 7. The molecule has 0 aliphatic heterocycles. The van der Waals surface area contributed by atoms with Crippen LogP contribution in [0.15, 0.2) is 50.1 Å². The number of esters is 1. The van der Waals surface area contributed by atoms with E-state index in [1.54, 1.807) is 24.3 Å². The summed E-state index contributed by atoms with van der Waals surface area (Å²) in [5.74, 6) is -0.254. The second-order valence-electron chi connectivity index (χ2n) is 4.02. The first kappa shape index (κ1) is 14.8. The molecule has 0 heterocycles. The van der Waals surface area contributed by atoms with Crippen LogP contribution in [0, 0.1) is 0 Å². The van der Waals surface area contributed by atoms with Crippen molar-refractivity contribution in [2.75, 3.05) is 6.61 Å². The molecule has 0 saturated carbocycles. The Kier molecular flexibility index (Phi) is 5.61. The van der Waals surface area contributed by atoms with Gasteiger partial charge in [0, 0.05) is 0 Å². The molecule has 0 aliphatic carbocycles. The Balaban J connectivity index is 3.16. The van der Waals surface area contributed by atoms with Gasteiger partial charge in [-0.2, -0.15) is 0 Å². The van der Waals surface area contributed by atoms with E-state index in [-0.39, 0.29) is 12.4 Å². The van der Waals surface area contributed by atoms with Gasteiger partial charge in [-0.3, -0.25) is 0 Å². The van der Waals surface area contributed by atoms with E-state index >= 15 is 0 Å². The Morgan fingerprint density at radius 1 is 1.11 bits per heavy atom. The molecule has 19 heavy (non-hydrogen) atoms. The van der Waals surface area contributed by atoms with Crippen LogP contribution in [0.25, 0.3) is 0 Å². The molecule has 0 aliphatic rings. The van der Waals surface area contributed by atoms with Gasteiger partial charge in [-0.15, -0.1) is 13.2 Å². The molecule has 3 heteroatoms.